The summed E-state index contributed by atoms with van der Waals surface area (Å²) in [5, 5.41) is 0. The third kappa shape index (κ3) is 56.9. The Morgan fingerprint density at radius 1 is 0.296 bits per heavy atom. The molecule has 0 fully saturated rings. The average molecular weight is 986 g/mol. The number of carbonyl (C=O) groups is 3. The van der Waals surface area contributed by atoms with Crippen LogP contribution in [0.15, 0.2) is 109 Å². The molecule has 0 saturated carbocycles. The Morgan fingerprint density at radius 2 is 0.549 bits per heavy atom. The minimum Gasteiger partial charge on any atom is -0.462 e. The Bertz CT molecular complexity index is 1460. The van der Waals surface area contributed by atoms with Gasteiger partial charge in [0, 0.05) is 19.3 Å². The van der Waals surface area contributed by atoms with Gasteiger partial charge in [0.2, 0.25) is 0 Å². The molecule has 0 saturated heterocycles. The number of hydrogen-bond donors (Lipinski definition) is 0. The molecule has 1 unspecified atom stereocenters. The third-order valence-electron chi connectivity index (χ3n) is 12.3. The second-order valence-corrected chi connectivity index (χ2v) is 19.1. The third-order valence-corrected chi connectivity index (χ3v) is 12.3. The van der Waals surface area contributed by atoms with Gasteiger partial charge in [-0.3, -0.25) is 14.4 Å². The Labute approximate surface area is 438 Å². The van der Waals surface area contributed by atoms with Gasteiger partial charge < -0.3 is 14.2 Å². The first kappa shape index (κ1) is 67.1. The highest BCUT2D eigenvalue weighted by Gasteiger charge is 2.19. The zero-order chi connectivity index (χ0) is 51.4. The summed E-state index contributed by atoms with van der Waals surface area (Å²) in [5.41, 5.74) is 0. The maximum absolute atomic E-state index is 12.9. The largest absolute Gasteiger partial charge is 0.462 e. The standard InChI is InChI=1S/C65H108O6/c1-4-7-10-13-16-19-22-25-28-30-31-32-33-35-37-40-43-46-49-52-55-58-64(67)70-61-62(60-69-63(66)57-54-51-48-45-42-39-36-27-24-21-18-15-12-9-6-3)71-65(68)59-56-53-50-47-44-41-38-34-29-26-23-20-17-14-11-8-5-2/h7,9-10,12,16,18-19,21,25,27-28,31-32,35-37,42,45,62H,4-6,8,11,13-15,17,20,22-24,26,29-30,33-34,38-41,43-44,46-61H2,1-3H3/b10-7-,12-9-,19-16-,21-18-,28-25-,32-31-,36-27-,37-35-,45-42-. The van der Waals surface area contributed by atoms with Gasteiger partial charge in [0.05, 0.1) is 0 Å². The van der Waals surface area contributed by atoms with Crippen molar-refractivity contribution in [3.05, 3.63) is 109 Å². The lowest BCUT2D eigenvalue weighted by atomic mass is 10.0. The van der Waals surface area contributed by atoms with E-state index in [0.717, 1.165) is 135 Å². The number of ether oxygens (including phenoxy) is 3. The Hall–Kier alpha value is -3.93. The highest BCUT2D eigenvalue weighted by atomic mass is 16.6. The van der Waals surface area contributed by atoms with Gasteiger partial charge in [-0.15, -0.1) is 0 Å². The Morgan fingerprint density at radius 3 is 0.887 bits per heavy atom. The molecule has 0 aliphatic carbocycles. The fraction of sp³-hybridized carbons (Fsp3) is 0.677. The van der Waals surface area contributed by atoms with E-state index in [9.17, 15) is 14.4 Å². The van der Waals surface area contributed by atoms with Crippen molar-refractivity contribution in [2.24, 2.45) is 0 Å². The Balaban J connectivity index is 4.46. The molecule has 0 aromatic carbocycles. The molecule has 0 aliphatic heterocycles. The van der Waals surface area contributed by atoms with Gasteiger partial charge in [0.15, 0.2) is 6.10 Å². The van der Waals surface area contributed by atoms with E-state index in [1.54, 1.807) is 0 Å². The molecule has 0 rings (SSSR count). The summed E-state index contributed by atoms with van der Waals surface area (Å²) in [7, 11) is 0. The van der Waals surface area contributed by atoms with Gasteiger partial charge in [-0.2, -0.15) is 0 Å². The molecule has 71 heavy (non-hydrogen) atoms. The van der Waals surface area contributed by atoms with Crippen LogP contribution >= 0.6 is 0 Å². The van der Waals surface area contributed by atoms with Crippen molar-refractivity contribution < 1.29 is 28.6 Å². The van der Waals surface area contributed by atoms with E-state index in [0.29, 0.717) is 19.3 Å². The summed E-state index contributed by atoms with van der Waals surface area (Å²) >= 11 is 0. The molecule has 1 atom stereocenters. The number of esters is 3. The van der Waals surface area contributed by atoms with Crippen molar-refractivity contribution in [3.63, 3.8) is 0 Å². The fourth-order valence-corrected chi connectivity index (χ4v) is 7.93. The zero-order valence-corrected chi connectivity index (χ0v) is 46.2. The molecule has 0 N–H and O–H groups in total. The molecular weight excluding hydrogens is 877 g/mol. The lowest BCUT2D eigenvalue weighted by Crippen LogP contribution is -2.30. The van der Waals surface area contributed by atoms with Gasteiger partial charge in [-0.05, 0) is 103 Å². The predicted octanol–water partition coefficient (Wildman–Crippen LogP) is 19.9. The smallest absolute Gasteiger partial charge is 0.306 e. The van der Waals surface area contributed by atoms with E-state index in [1.807, 2.05) is 0 Å². The van der Waals surface area contributed by atoms with E-state index in [2.05, 4.69) is 130 Å². The van der Waals surface area contributed by atoms with Crippen LogP contribution in [0.2, 0.25) is 0 Å². The van der Waals surface area contributed by atoms with Crippen molar-refractivity contribution in [3.8, 4) is 0 Å². The van der Waals surface area contributed by atoms with Gasteiger partial charge in [-0.1, -0.05) is 252 Å². The molecular formula is C65H108O6. The van der Waals surface area contributed by atoms with E-state index < -0.39 is 6.10 Å². The summed E-state index contributed by atoms with van der Waals surface area (Å²) in [6.07, 6.45) is 79.4. The maximum Gasteiger partial charge on any atom is 0.306 e. The van der Waals surface area contributed by atoms with Crippen LogP contribution in [0.3, 0.4) is 0 Å². The first-order valence-electron chi connectivity index (χ1n) is 29.4. The molecule has 0 aromatic rings. The highest BCUT2D eigenvalue weighted by Crippen LogP contribution is 2.16. The quantitative estimate of drug-likeness (QED) is 0.0261. The molecule has 6 nitrogen and oxygen atoms in total. The molecule has 6 heteroatoms. The normalized spacial score (nSPS) is 12.9. The summed E-state index contributed by atoms with van der Waals surface area (Å²) < 4.78 is 16.8. The average Bonchev–Trinajstić information content (AvgIpc) is 3.37. The molecule has 0 aliphatic rings. The molecule has 0 heterocycles. The number of hydrogen-bond acceptors (Lipinski definition) is 6. The van der Waals surface area contributed by atoms with Crippen LogP contribution in [0.1, 0.15) is 265 Å². The molecule has 0 bridgehead atoms. The first-order chi connectivity index (χ1) is 35.0. The van der Waals surface area contributed by atoms with Gasteiger partial charge in [-0.25, -0.2) is 0 Å². The van der Waals surface area contributed by atoms with Crippen LogP contribution in [-0.2, 0) is 28.6 Å². The number of rotatable bonds is 52. The van der Waals surface area contributed by atoms with E-state index in [-0.39, 0.29) is 31.1 Å². The summed E-state index contributed by atoms with van der Waals surface area (Å²) in [6, 6.07) is 0. The molecule has 0 amide bonds. The topological polar surface area (TPSA) is 78.9 Å². The minimum atomic E-state index is -0.804. The molecule has 404 valence electrons. The molecule has 0 aromatic heterocycles. The van der Waals surface area contributed by atoms with E-state index >= 15 is 0 Å². The van der Waals surface area contributed by atoms with Crippen LogP contribution in [0, 0.1) is 0 Å². The summed E-state index contributed by atoms with van der Waals surface area (Å²) in [6.45, 7) is 6.37. The number of unbranched alkanes of at least 4 members (excludes halogenated alkanes) is 23. The summed E-state index contributed by atoms with van der Waals surface area (Å²) in [5.74, 6) is -0.956. The first-order valence-corrected chi connectivity index (χ1v) is 29.4. The minimum absolute atomic E-state index is 0.101. The molecule has 0 radical (unpaired) electrons. The van der Waals surface area contributed by atoms with Crippen molar-refractivity contribution in [2.45, 2.75) is 271 Å². The van der Waals surface area contributed by atoms with Crippen molar-refractivity contribution in [1.82, 2.24) is 0 Å². The van der Waals surface area contributed by atoms with Crippen LogP contribution < -0.4 is 0 Å². The number of carbonyl (C=O) groups excluding carboxylic acids is 3. The predicted molar refractivity (Wildman–Crippen MR) is 307 cm³/mol. The highest BCUT2D eigenvalue weighted by molar-refractivity contribution is 5.71. The van der Waals surface area contributed by atoms with E-state index in [4.69, 9.17) is 14.2 Å². The second kappa shape index (κ2) is 58.6. The van der Waals surface area contributed by atoms with Crippen LogP contribution in [0.25, 0.3) is 0 Å². The monoisotopic (exact) mass is 985 g/mol. The van der Waals surface area contributed by atoms with Gasteiger partial charge >= 0.3 is 17.9 Å². The molecule has 0 spiro atoms. The van der Waals surface area contributed by atoms with Crippen molar-refractivity contribution >= 4 is 17.9 Å². The zero-order valence-electron chi connectivity index (χ0n) is 46.2. The van der Waals surface area contributed by atoms with Gasteiger partial charge in [0.25, 0.3) is 0 Å². The van der Waals surface area contributed by atoms with E-state index in [1.165, 1.54) is 89.9 Å². The van der Waals surface area contributed by atoms with Crippen LogP contribution in [0.4, 0.5) is 0 Å². The Kier molecular flexibility index (Phi) is 55.4. The van der Waals surface area contributed by atoms with Crippen LogP contribution in [0.5, 0.6) is 0 Å². The second-order valence-electron chi connectivity index (χ2n) is 19.1. The number of allylic oxidation sites excluding steroid dienone is 18. The maximum atomic E-state index is 12.9. The summed E-state index contributed by atoms with van der Waals surface area (Å²) in [4.78, 5) is 38.2. The van der Waals surface area contributed by atoms with Crippen molar-refractivity contribution in [1.29, 1.82) is 0 Å². The SMILES string of the molecule is CC/C=C\C/C=C\C/C=C\C/C=C\C/C=C\CCCCCCCC(=O)OCC(COC(=O)CCCC/C=C\C/C=C\C/C=C\C/C=C\CC)OC(=O)CCCCCCCCCCCCCCCCCCC. The lowest BCUT2D eigenvalue weighted by molar-refractivity contribution is -0.167. The fourth-order valence-electron chi connectivity index (χ4n) is 7.93. The lowest BCUT2D eigenvalue weighted by Gasteiger charge is -2.18. The van der Waals surface area contributed by atoms with Crippen LogP contribution in [-0.4, -0.2) is 37.2 Å². The van der Waals surface area contributed by atoms with Crippen molar-refractivity contribution in [2.75, 3.05) is 13.2 Å². The van der Waals surface area contributed by atoms with Gasteiger partial charge in [0.1, 0.15) is 13.2 Å².